The maximum absolute atomic E-state index is 13.3. The van der Waals surface area contributed by atoms with Gasteiger partial charge in [-0.25, -0.2) is 9.88 Å². The molecule has 2 N–H and O–H groups in total. The van der Waals surface area contributed by atoms with Gasteiger partial charge in [0.25, 0.3) is 0 Å². The number of hydrogen-bond donors (Lipinski definition) is 1. The summed E-state index contributed by atoms with van der Waals surface area (Å²) >= 11 is 13.3. The first-order valence-corrected chi connectivity index (χ1v) is 13.8. The van der Waals surface area contributed by atoms with E-state index in [1.54, 1.807) is 18.2 Å². The third-order valence-corrected chi connectivity index (χ3v) is 8.44. The molecule has 2 fully saturated rings. The van der Waals surface area contributed by atoms with Crippen LogP contribution >= 0.6 is 35.0 Å². The van der Waals surface area contributed by atoms with Crippen LogP contribution in [-0.2, 0) is 9.59 Å². The quantitative estimate of drug-likeness (QED) is 0.204. The minimum Gasteiger partial charge on any atom is -0.383 e. The maximum Gasteiger partial charge on any atom is 0.247 e. The molecule has 2 amide bonds. The molecule has 1 atom stereocenters. The van der Waals surface area contributed by atoms with E-state index in [0.29, 0.717) is 32.4 Å². The van der Waals surface area contributed by atoms with Crippen molar-refractivity contribution >= 4 is 70.1 Å². The number of allylic oxidation sites excluding steroid dienone is 1. The highest BCUT2D eigenvalue weighted by Gasteiger charge is 2.42. The molecule has 198 valence electrons. The molecule has 0 spiro atoms. The van der Waals surface area contributed by atoms with E-state index in [1.807, 2.05) is 6.07 Å². The van der Waals surface area contributed by atoms with Gasteiger partial charge in [-0.05, 0) is 72.9 Å². The van der Waals surface area contributed by atoms with Crippen LogP contribution in [0.1, 0.15) is 57.8 Å². The van der Waals surface area contributed by atoms with Gasteiger partial charge in [0.05, 0.1) is 22.1 Å². The number of pyridine rings is 1. The zero-order chi connectivity index (χ0) is 28.6. The van der Waals surface area contributed by atoms with Gasteiger partial charge in [-0.15, -0.1) is 0 Å². The van der Waals surface area contributed by atoms with Crippen molar-refractivity contribution < 1.29 is 14.4 Å². The van der Waals surface area contributed by atoms with Crippen LogP contribution in [0.2, 0.25) is 10.0 Å². The number of rotatable bonds is 7. The van der Waals surface area contributed by atoms with Crippen molar-refractivity contribution in [3.63, 3.8) is 0 Å². The fourth-order valence-corrected chi connectivity index (χ4v) is 6.14. The Hall–Kier alpha value is -4.15. The number of thioether (sulfide) groups is 1. The van der Waals surface area contributed by atoms with Gasteiger partial charge in [0.1, 0.15) is 23.0 Å². The molecule has 8 nitrogen and oxygen atoms in total. The van der Waals surface area contributed by atoms with Gasteiger partial charge in [0, 0.05) is 27.6 Å². The Balaban J connectivity index is 1.34. The number of anilines is 2. The van der Waals surface area contributed by atoms with Crippen LogP contribution in [-0.4, -0.2) is 27.8 Å². The molecule has 1 saturated heterocycles. The second-order valence-corrected chi connectivity index (χ2v) is 11.2. The van der Waals surface area contributed by atoms with E-state index in [9.17, 15) is 24.9 Å². The summed E-state index contributed by atoms with van der Waals surface area (Å²) in [7, 11) is 0. The molecule has 3 aromatic rings. The Morgan fingerprint density at radius 2 is 1.70 bits per heavy atom. The van der Waals surface area contributed by atoms with E-state index >= 15 is 0 Å². The lowest BCUT2D eigenvalue weighted by Gasteiger charge is -2.16. The molecule has 11 heteroatoms. The number of amides is 2. The predicted octanol–water partition coefficient (Wildman–Crippen LogP) is 5.91. The van der Waals surface area contributed by atoms with Crippen LogP contribution in [0, 0.1) is 22.7 Å². The molecule has 2 aromatic carbocycles. The van der Waals surface area contributed by atoms with Gasteiger partial charge >= 0.3 is 0 Å². The minimum absolute atomic E-state index is 0.00522. The number of nitriles is 2. The van der Waals surface area contributed by atoms with Crippen molar-refractivity contribution in [2.75, 3.05) is 10.6 Å². The number of nitrogens with two attached hydrogens (primary N) is 1. The van der Waals surface area contributed by atoms with Crippen molar-refractivity contribution in [3.05, 3.63) is 86.4 Å². The van der Waals surface area contributed by atoms with Crippen molar-refractivity contribution in [1.82, 2.24) is 4.98 Å². The highest BCUT2D eigenvalue weighted by Crippen LogP contribution is 2.47. The fourth-order valence-electron chi connectivity index (χ4n) is 4.49. The van der Waals surface area contributed by atoms with Crippen LogP contribution < -0.4 is 10.6 Å². The number of nitrogen functional groups attached to an aromatic ring is 1. The van der Waals surface area contributed by atoms with Crippen LogP contribution in [0.3, 0.4) is 0 Å². The van der Waals surface area contributed by atoms with Gasteiger partial charge in [-0.1, -0.05) is 41.0 Å². The molecule has 0 bridgehead atoms. The first kappa shape index (κ1) is 27.4. The van der Waals surface area contributed by atoms with E-state index in [0.717, 1.165) is 29.5 Å². The SMILES string of the molecule is N#Cc1c(N)nc(SC2CC(=O)N(c3ccc(C(=O)C=Cc4c(Cl)cccc4Cl)cc3)C2=O)c(C#N)c1C1CC1. The summed E-state index contributed by atoms with van der Waals surface area (Å²) in [6.45, 7) is 0. The Morgan fingerprint density at radius 1 is 1.05 bits per heavy atom. The van der Waals surface area contributed by atoms with Gasteiger partial charge in [-0.2, -0.15) is 10.5 Å². The lowest BCUT2D eigenvalue weighted by molar-refractivity contribution is -0.121. The highest BCUT2D eigenvalue weighted by atomic mass is 35.5. The molecule has 1 aliphatic heterocycles. The van der Waals surface area contributed by atoms with Crippen molar-refractivity contribution in [2.24, 2.45) is 0 Å². The zero-order valence-electron chi connectivity index (χ0n) is 20.7. The van der Waals surface area contributed by atoms with Gasteiger partial charge in [-0.3, -0.25) is 14.4 Å². The summed E-state index contributed by atoms with van der Waals surface area (Å²) in [5.41, 5.74) is 8.20. The molecule has 5 rings (SSSR count). The Morgan fingerprint density at radius 3 is 2.30 bits per heavy atom. The Bertz CT molecular complexity index is 1670. The second-order valence-electron chi connectivity index (χ2n) is 9.22. The summed E-state index contributed by atoms with van der Waals surface area (Å²) < 4.78 is 0. The van der Waals surface area contributed by atoms with Crippen LogP contribution in [0.5, 0.6) is 0 Å². The average molecular weight is 588 g/mol. The first-order chi connectivity index (χ1) is 19.2. The molecule has 2 aliphatic rings. The molecular formula is C29H19Cl2N5O3S. The van der Waals surface area contributed by atoms with Crippen LogP contribution in [0.25, 0.3) is 6.08 Å². The standard InChI is InChI=1S/C29H19Cl2N5O3S/c30-21-2-1-3-22(31)18(21)10-11-23(37)15-6-8-17(9-7-15)36-25(38)12-24(29(36)39)40-28-20(14-33)26(16-4-5-16)19(13-32)27(34)35-28/h1-3,6-11,16,24H,4-5,12H2,(H2,34,35). The third kappa shape index (κ3) is 5.20. The fraction of sp³-hybridized carbons (Fsp3) is 0.172. The smallest absolute Gasteiger partial charge is 0.247 e. The lowest BCUT2D eigenvalue weighted by atomic mass is 10.0. The highest BCUT2D eigenvalue weighted by molar-refractivity contribution is 8.00. The number of carbonyl (C=O) groups excluding carboxylic acids is 3. The molecule has 40 heavy (non-hydrogen) atoms. The van der Waals surface area contributed by atoms with E-state index in [-0.39, 0.29) is 40.1 Å². The van der Waals surface area contributed by atoms with E-state index in [1.165, 1.54) is 36.4 Å². The van der Waals surface area contributed by atoms with Gasteiger partial charge in [0.2, 0.25) is 11.8 Å². The first-order valence-electron chi connectivity index (χ1n) is 12.2. The number of ketones is 1. The van der Waals surface area contributed by atoms with Crippen molar-refractivity contribution in [3.8, 4) is 12.1 Å². The maximum atomic E-state index is 13.3. The zero-order valence-corrected chi connectivity index (χ0v) is 23.1. The Kier molecular flexibility index (Phi) is 7.64. The summed E-state index contributed by atoms with van der Waals surface area (Å²) in [6.07, 6.45) is 4.46. The van der Waals surface area contributed by atoms with Gasteiger partial charge < -0.3 is 5.73 Å². The number of nitrogens with zero attached hydrogens (tertiary/aromatic N) is 4. The largest absolute Gasteiger partial charge is 0.383 e. The van der Waals surface area contributed by atoms with E-state index < -0.39 is 17.1 Å². The van der Waals surface area contributed by atoms with Crippen LogP contribution in [0.15, 0.2) is 53.6 Å². The minimum atomic E-state index is -0.823. The molecule has 1 unspecified atom stereocenters. The number of benzene rings is 2. The Labute approximate surface area is 244 Å². The molecular weight excluding hydrogens is 569 g/mol. The number of hydrogen-bond acceptors (Lipinski definition) is 8. The van der Waals surface area contributed by atoms with Crippen molar-refractivity contribution in [1.29, 1.82) is 10.5 Å². The number of aromatic nitrogens is 1. The normalized spacial score (nSPS) is 16.8. The second kappa shape index (κ2) is 11.1. The predicted molar refractivity (Wildman–Crippen MR) is 153 cm³/mol. The summed E-state index contributed by atoms with van der Waals surface area (Å²) in [4.78, 5) is 44.1. The van der Waals surface area contributed by atoms with Crippen LogP contribution in [0.4, 0.5) is 11.5 Å². The van der Waals surface area contributed by atoms with E-state index in [4.69, 9.17) is 28.9 Å². The average Bonchev–Trinajstić information content (AvgIpc) is 3.73. The van der Waals surface area contributed by atoms with Gasteiger partial charge in [0.15, 0.2) is 5.78 Å². The molecule has 2 heterocycles. The molecule has 1 aliphatic carbocycles. The topological polar surface area (TPSA) is 141 Å². The van der Waals surface area contributed by atoms with E-state index in [2.05, 4.69) is 11.1 Å². The number of imide groups is 1. The number of halogens is 2. The summed E-state index contributed by atoms with van der Waals surface area (Å²) in [6, 6.07) is 15.3. The molecule has 0 radical (unpaired) electrons. The summed E-state index contributed by atoms with van der Waals surface area (Å²) in [5, 5.41) is 19.6. The molecule has 1 aromatic heterocycles. The third-order valence-electron chi connectivity index (χ3n) is 6.61. The number of carbonyl (C=O) groups is 3. The molecule has 1 saturated carbocycles. The lowest BCUT2D eigenvalue weighted by Crippen LogP contribution is -2.31. The summed E-state index contributed by atoms with van der Waals surface area (Å²) in [5.74, 6) is -1.13. The monoisotopic (exact) mass is 587 g/mol. The van der Waals surface area contributed by atoms with Crippen molar-refractivity contribution in [2.45, 2.75) is 35.5 Å².